The van der Waals surface area contributed by atoms with E-state index in [1.807, 2.05) is 24.3 Å². The molecule has 0 radical (unpaired) electrons. The average Bonchev–Trinajstić information content (AvgIpc) is 3.00. The van der Waals surface area contributed by atoms with Crippen LogP contribution in [0.2, 0.25) is 5.02 Å². The first-order chi connectivity index (χ1) is 10.9. The number of halogens is 1. The van der Waals surface area contributed by atoms with Gasteiger partial charge in [-0.25, -0.2) is 0 Å². The molecule has 0 bridgehead atoms. The Kier molecular flexibility index (Phi) is 4.45. The number of hydrogen-bond donors (Lipinski definition) is 1. The molecule has 2 atom stereocenters. The smallest absolute Gasteiger partial charge is 0.244 e. The highest BCUT2D eigenvalue weighted by atomic mass is 35.5. The fourth-order valence-corrected chi connectivity index (χ4v) is 3.15. The third-order valence-corrected chi connectivity index (χ3v) is 5.04. The standard InChI is InChI=1S/C17H23ClN4O/c1-11(22-9-8-14(19)17(2,3)10-22)16-20-15(21-23-16)12-4-6-13(18)7-5-12/h4-7,11,14H,8-10,19H2,1-3H3. The number of hydrogen-bond acceptors (Lipinski definition) is 5. The van der Waals surface area contributed by atoms with E-state index in [-0.39, 0.29) is 17.5 Å². The largest absolute Gasteiger partial charge is 0.337 e. The van der Waals surface area contributed by atoms with E-state index < -0.39 is 0 Å². The summed E-state index contributed by atoms with van der Waals surface area (Å²) in [6, 6.07) is 7.75. The van der Waals surface area contributed by atoms with E-state index in [0.29, 0.717) is 16.7 Å². The molecule has 0 aliphatic carbocycles. The van der Waals surface area contributed by atoms with Gasteiger partial charge in [-0.3, -0.25) is 4.90 Å². The molecule has 1 aromatic heterocycles. The molecule has 0 saturated carbocycles. The van der Waals surface area contributed by atoms with E-state index in [2.05, 4.69) is 35.8 Å². The Labute approximate surface area is 141 Å². The molecular weight excluding hydrogens is 312 g/mol. The highest BCUT2D eigenvalue weighted by Crippen LogP contribution is 2.33. The van der Waals surface area contributed by atoms with Crippen LogP contribution >= 0.6 is 11.6 Å². The second-order valence-electron chi connectivity index (χ2n) is 6.99. The molecule has 1 aromatic carbocycles. The van der Waals surface area contributed by atoms with Crippen molar-refractivity contribution >= 4 is 11.6 Å². The highest BCUT2D eigenvalue weighted by Gasteiger charge is 2.36. The van der Waals surface area contributed by atoms with Crippen LogP contribution in [0.1, 0.15) is 39.1 Å². The van der Waals surface area contributed by atoms with E-state index in [0.717, 1.165) is 25.1 Å². The Balaban J connectivity index is 1.76. The predicted molar refractivity (Wildman–Crippen MR) is 91.1 cm³/mol. The van der Waals surface area contributed by atoms with Crippen molar-refractivity contribution in [2.24, 2.45) is 11.1 Å². The van der Waals surface area contributed by atoms with Crippen molar-refractivity contribution in [1.29, 1.82) is 0 Å². The third-order valence-electron chi connectivity index (χ3n) is 4.79. The van der Waals surface area contributed by atoms with Crippen LogP contribution in [0.15, 0.2) is 28.8 Å². The van der Waals surface area contributed by atoms with Gasteiger partial charge in [-0.2, -0.15) is 4.98 Å². The van der Waals surface area contributed by atoms with Crippen LogP contribution in [0.5, 0.6) is 0 Å². The van der Waals surface area contributed by atoms with Crippen LogP contribution in [0.25, 0.3) is 11.4 Å². The van der Waals surface area contributed by atoms with Gasteiger partial charge in [0.15, 0.2) is 0 Å². The first-order valence-electron chi connectivity index (χ1n) is 7.96. The van der Waals surface area contributed by atoms with Gasteiger partial charge in [-0.15, -0.1) is 0 Å². The number of nitrogens with zero attached hydrogens (tertiary/aromatic N) is 3. The molecule has 23 heavy (non-hydrogen) atoms. The second-order valence-corrected chi connectivity index (χ2v) is 7.43. The Hall–Kier alpha value is -1.43. The summed E-state index contributed by atoms with van der Waals surface area (Å²) in [6.45, 7) is 8.40. The van der Waals surface area contributed by atoms with Gasteiger partial charge in [0, 0.05) is 29.7 Å². The van der Waals surface area contributed by atoms with Crippen molar-refractivity contribution in [3.8, 4) is 11.4 Å². The van der Waals surface area contributed by atoms with Crippen LogP contribution in [0, 0.1) is 5.41 Å². The van der Waals surface area contributed by atoms with Gasteiger partial charge in [-0.05, 0) is 43.0 Å². The number of piperidine rings is 1. The van der Waals surface area contributed by atoms with Gasteiger partial charge >= 0.3 is 0 Å². The highest BCUT2D eigenvalue weighted by molar-refractivity contribution is 6.30. The molecule has 1 aliphatic heterocycles. The maximum absolute atomic E-state index is 6.22. The quantitative estimate of drug-likeness (QED) is 0.930. The maximum Gasteiger partial charge on any atom is 0.244 e. The molecular formula is C17H23ClN4O. The minimum Gasteiger partial charge on any atom is -0.337 e. The zero-order valence-corrected chi connectivity index (χ0v) is 14.5. The molecule has 1 saturated heterocycles. The van der Waals surface area contributed by atoms with Crippen LogP contribution < -0.4 is 5.73 Å². The molecule has 2 heterocycles. The fourth-order valence-electron chi connectivity index (χ4n) is 3.02. The molecule has 6 heteroatoms. The number of likely N-dealkylation sites (tertiary alicyclic amines) is 1. The summed E-state index contributed by atoms with van der Waals surface area (Å²) in [5.41, 5.74) is 7.21. The summed E-state index contributed by atoms with van der Waals surface area (Å²) in [4.78, 5) is 6.92. The maximum atomic E-state index is 6.22. The number of rotatable bonds is 3. The lowest BCUT2D eigenvalue weighted by Gasteiger charge is -2.44. The van der Waals surface area contributed by atoms with Crippen LogP contribution in [-0.2, 0) is 0 Å². The van der Waals surface area contributed by atoms with Crippen molar-refractivity contribution < 1.29 is 4.52 Å². The van der Waals surface area contributed by atoms with Crippen molar-refractivity contribution in [3.05, 3.63) is 35.2 Å². The van der Waals surface area contributed by atoms with E-state index in [1.165, 1.54) is 0 Å². The number of benzene rings is 1. The van der Waals surface area contributed by atoms with E-state index in [4.69, 9.17) is 21.9 Å². The van der Waals surface area contributed by atoms with Crippen molar-refractivity contribution in [1.82, 2.24) is 15.0 Å². The SMILES string of the molecule is CC(c1nc(-c2ccc(Cl)cc2)no1)N1CCC(N)C(C)(C)C1. The van der Waals surface area contributed by atoms with Gasteiger partial charge < -0.3 is 10.3 Å². The molecule has 2 N–H and O–H groups in total. The topological polar surface area (TPSA) is 68.2 Å². The lowest BCUT2D eigenvalue weighted by atomic mass is 9.79. The fraction of sp³-hybridized carbons (Fsp3) is 0.529. The lowest BCUT2D eigenvalue weighted by Crippen LogP contribution is -2.52. The molecule has 1 fully saturated rings. The number of aromatic nitrogens is 2. The van der Waals surface area contributed by atoms with Gasteiger partial charge in [0.1, 0.15) is 0 Å². The first-order valence-corrected chi connectivity index (χ1v) is 8.34. The van der Waals surface area contributed by atoms with Crippen LogP contribution in [0.4, 0.5) is 0 Å². The van der Waals surface area contributed by atoms with Crippen molar-refractivity contribution in [2.75, 3.05) is 13.1 Å². The van der Waals surface area contributed by atoms with Gasteiger partial charge in [0.25, 0.3) is 0 Å². The Morgan fingerprint density at radius 2 is 2.04 bits per heavy atom. The molecule has 2 aromatic rings. The van der Waals surface area contributed by atoms with E-state index in [9.17, 15) is 0 Å². The normalized spacial score (nSPS) is 22.9. The Morgan fingerprint density at radius 3 is 2.70 bits per heavy atom. The van der Waals surface area contributed by atoms with Gasteiger partial charge in [0.2, 0.25) is 11.7 Å². The second kappa shape index (κ2) is 6.23. The van der Waals surface area contributed by atoms with Crippen LogP contribution in [-0.4, -0.2) is 34.2 Å². The molecule has 2 unspecified atom stereocenters. The summed E-state index contributed by atoms with van der Waals surface area (Å²) >= 11 is 5.91. The summed E-state index contributed by atoms with van der Waals surface area (Å²) in [5.74, 6) is 1.23. The lowest BCUT2D eigenvalue weighted by molar-refractivity contribution is 0.0549. The zero-order valence-electron chi connectivity index (χ0n) is 13.8. The van der Waals surface area contributed by atoms with Crippen LogP contribution in [0.3, 0.4) is 0 Å². The van der Waals surface area contributed by atoms with Crippen molar-refractivity contribution in [2.45, 2.75) is 39.3 Å². The summed E-state index contributed by atoms with van der Waals surface area (Å²) in [7, 11) is 0. The first kappa shape index (κ1) is 16.4. The minimum absolute atomic E-state index is 0.0790. The van der Waals surface area contributed by atoms with E-state index in [1.54, 1.807) is 0 Å². The summed E-state index contributed by atoms with van der Waals surface area (Å²) in [6.07, 6.45) is 0.982. The monoisotopic (exact) mass is 334 g/mol. The van der Waals surface area contributed by atoms with E-state index >= 15 is 0 Å². The zero-order chi connectivity index (χ0) is 16.6. The molecule has 124 valence electrons. The third kappa shape index (κ3) is 3.42. The Bertz CT molecular complexity index is 667. The summed E-state index contributed by atoms with van der Waals surface area (Å²) < 4.78 is 5.49. The summed E-state index contributed by atoms with van der Waals surface area (Å²) in [5, 5.41) is 4.80. The van der Waals surface area contributed by atoms with Gasteiger partial charge in [0.05, 0.1) is 6.04 Å². The molecule has 3 rings (SSSR count). The molecule has 0 spiro atoms. The van der Waals surface area contributed by atoms with Crippen molar-refractivity contribution in [3.63, 3.8) is 0 Å². The Morgan fingerprint density at radius 1 is 1.35 bits per heavy atom. The molecule has 0 amide bonds. The average molecular weight is 335 g/mol. The molecule has 5 nitrogen and oxygen atoms in total. The van der Waals surface area contributed by atoms with Gasteiger partial charge in [-0.1, -0.05) is 30.6 Å². The number of nitrogens with two attached hydrogens (primary N) is 1. The predicted octanol–water partition coefficient (Wildman–Crippen LogP) is 3.51. The molecule has 1 aliphatic rings. The minimum atomic E-state index is 0.0790.